The van der Waals surface area contributed by atoms with E-state index < -0.39 is 5.60 Å². The number of aliphatic hydroxyl groups excluding tert-OH is 1. The predicted octanol–water partition coefficient (Wildman–Crippen LogP) is 5.50. The molecular weight excluding hydrogens is 406 g/mol. The summed E-state index contributed by atoms with van der Waals surface area (Å²) in [6.07, 6.45) is 15.3. The minimum atomic E-state index is -0.590. The summed E-state index contributed by atoms with van der Waals surface area (Å²) in [4.78, 5) is 4.61. The molecule has 0 aliphatic heterocycles. The van der Waals surface area contributed by atoms with Crippen molar-refractivity contribution in [3.8, 4) is 0 Å². The van der Waals surface area contributed by atoms with E-state index in [0.29, 0.717) is 5.89 Å². The molecule has 142 valence electrons. The van der Waals surface area contributed by atoms with Gasteiger partial charge in [-0.1, -0.05) is 45.8 Å². The minimum absolute atomic E-state index is 0.245. The number of rotatable bonds is 8. The van der Waals surface area contributed by atoms with Gasteiger partial charge in [0.15, 0.2) is 0 Å². The Balaban J connectivity index is 1.69. The van der Waals surface area contributed by atoms with Gasteiger partial charge in [-0.15, -0.1) is 0 Å². The third kappa shape index (κ3) is 5.06. The predicted molar refractivity (Wildman–Crippen MR) is 111 cm³/mol. The quantitative estimate of drug-likeness (QED) is 0.562. The number of hydrogen-bond acceptors (Lipinski definition) is 4. The Hall–Kier alpha value is -1.95. The third-order valence-corrected chi connectivity index (χ3v) is 5.24. The number of unbranched alkanes of at least 4 members (excludes halogenated alkanes) is 1. The van der Waals surface area contributed by atoms with Crippen LogP contribution in [0.3, 0.4) is 0 Å². The Morgan fingerprint density at radius 3 is 2.74 bits per heavy atom. The lowest BCUT2D eigenvalue weighted by molar-refractivity contribution is 0.0265. The number of aromatic nitrogens is 1. The molecule has 27 heavy (non-hydrogen) atoms. The Kier molecular flexibility index (Phi) is 6.83. The summed E-state index contributed by atoms with van der Waals surface area (Å²) in [6, 6.07) is 8.04. The Morgan fingerprint density at radius 1 is 1.26 bits per heavy atom. The number of allylic oxidation sites excluding steroid dienone is 2. The highest BCUT2D eigenvalue weighted by atomic mass is 79.9. The lowest BCUT2D eigenvalue weighted by Gasteiger charge is -2.28. The maximum absolute atomic E-state index is 8.91. The molecule has 2 aromatic rings. The SMILES string of the molecule is COC1(c2coc(/C=C/c3ccc(Br)cc3)n2)C=CC(CCCCO)=CC1. The van der Waals surface area contributed by atoms with Gasteiger partial charge in [-0.2, -0.15) is 0 Å². The van der Waals surface area contributed by atoms with Crippen molar-refractivity contribution >= 4 is 28.1 Å². The molecule has 4 nitrogen and oxygen atoms in total. The molecule has 1 aliphatic carbocycles. The van der Waals surface area contributed by atoms with Crippen LogP contribution in [-0.2, 0) is 10.3 Å². The van der Waals surface area contributed by atoms with Gasteiger partial charge < -0.3 is 14.3 Å². The van der Waals surface area contributed by atoms with E-state index in [2.05, 4.69) is 39.1 Å². The van der Waals surface area contributed by atoms with Crippen molar-refractivity contribution < 1.29 is 14.3 Å². The van der Waals surface area contributed by atoms with Crippen molar-refractivity contribution in [2.24, 2.45) is 0 Å². The van der Waals surface area contributed by atoms with Gasteiger partial charge in [0.25, 0.3) is 0 Å². The van der Waals surface area contributed by atoms with Crippen LogP contribution in [0.2, 0.25) is 0 Å². The number of hydrogen-bond donors (Lipinski definition) is 1. The molecule has 0 saturated heterocycles. The molecule has 1 heterocycles. The second kappa shape index (κ2) is 9.31. The number of ether oxygens (including phenoxy) is 1. The third-order valence-electron chi connectivity index (χ3n) is 4.72. The molecular formula is C22H24BrNO3. The van der Waals surface area contributed by atoms with Crippen LogP contribution in [0.4, 0.5) is 0 Å². The standard InChI is InChI=1S/C22H24BrNO3/c1-26-22(13-11-17(12-14-22)4-2-3-15-25)20-16-27-21(24-20)10-7-18-5-8-19(23)9-6-18/h5-13,16,25H,2-4,14-15H2,1H3/b10-7+. The number of nitrogens with zero attached hydrogens (tertiary/aromatic N) is 1. The summed E-state index contributed by atoms with van der Waals surface area (Å²) in [7, 11) is 1.70. The topological polar surface area (TPSA) is 55.5 Å². The van der Waals surface area contributed by atoms with E-state index in [0.717, 1.165) is 41.4 Å². The largest absolute Gasteiger partial charge is 0.445 e. The first-order chi connectivity index (χ1) is 13.1. The summed E-state index contributed by atoms with van der Waals surface area (Å²) in [6.45, 7) is 0.245. The molecule has 0 saturated carbocycles. The zero-order chi connectivity index (χ0) is 19.1. The number of oxazole rings is 1. The van der Waals surface area contributed by atoms with Crippen LogP contribution in [0.5, 0.6) is 0 Å². The highest BCUT2D eigenvalue weighted by Gasteiger charge is 2.33. The number of methoxy groups -OCH3 is 1. The summed E-state index contributed by atoms with van der Waals surface area (Å²) in [5, 5.41) is 8.91. The van der Waals surface area contributed by atoms with Crippen LogP contribution < -0.4 is 0 Å². The molecule has 0 spiro atoms. The van der Waals surface area contributed by atoms with Crippen LogP contribution in [0, 0.1) is 0 Å². The van der Waals surface area contributed by atoms with Gasteiger partial charge >= 0.3 is 0 Å². The van der Waals surface area contributed by atoms with Crippen LogP contribution >= 0.6 is 15.9 Å². The summed E-state index contributed by atoms with van der Waals surface area (Å²) < 4.78 is 12.5. The fourth-order valence-electron chi connectivity index (χ4n) is 3.03. The van der Waals surface area contributed by atoms with Crippen molar-refractivity contribution in [3.05, 3.63) is 76.0 Å². The molecule has 0 amide bonds. The van der Waals surface area contributed by atoms with E-state index in [1.165, 1.54) is 5.57 Å². The normalized spacial score (nSPS) is 19.6. The fourth-order valence-corrected chi connectivity index (χ4v) is 3.30. The number of aliphatic hydroxyl groups is 1. The van der Waals surface area contributed by atoms with Gasteiger partial charge in [-0.3, -0.25) is 0 Å². The van der Waals surface area contributed by atoms with E-state index in [1.54, 1.807) is 13.4 Å². The highest BCUT2D eigenvalue weighted by Crippen LogP contribution is 2.35. The lowest BCUT2D eigenvalue weighted by atomic mass is 9.88. The highest BCUT2D eigenvalue weighted by molar-refractivity contribution is 9.10. The van der Waals surface area contributed by atoms with Crippen LogP contribution in [0.15, 0.2) is 63.2 Å². The maximum Gasteiger partial charge on any atom is 0.218 e. The molecule has 1 atom stereocenters. The molecule has 5 heteroatoms. The second-order valence-electron chi connectivity index (χ2n) is 6.55. The smallest absolute Gasteiger partial charge is 0.218 e. The molecule has 0 fully saturated rings. The average molecular weight is 430 g/mol. The molecule has 0 bridgehead atoms. The zero-order valence-electron chi connectivity index (χ0n) is 15.4. The number of halogens is 1. The van der Waals surface area contributed by atoms with Crippen LogP contribution in [-0.4, -0.2) is 23.8 Å². The van der Waals surface area contributed by atoms with E-state index in [4.69, 9.17) is 14.3 Å². The Labute approximate surface area is 168 Å². The van der Waals surface area contributed by atoms with Crippen LogP contribution in [0.1, 0.15) is 42.8 Å². The van der Waals surface area contributed by atoms with Crippen molar-refractivity contribution in [1.29, 1.82) is 0 Å². The first-order valence-corrected chi connectivity index (χ1v) is 9.88. The van der Waals surface area contributed by atoms with E-state index >= 15 is 0 Å². The zero-order valence-corrected chi connectivity index (χ0v) is 17.0. The summed E-state index contributed by atoms with van der Waals surface area (Å²) >= 11 is 3.43. The van der Waals surface area contributed by atoms with E-state index in [-0.39, 0.29) is 6.61 Å². The Bertz CT molecular complexity index is 835. The summed E-state index contributed by atoms with van der Waals surface area (Å²) in [5.41, 5.74) is 2.53. The van der Waals surface area contributed by atoms with Crippen LogP contribution in [0.25, 0.3) is 12.2 Å². The number of benzene rings is 1. The van der Waals surface area contributed by atoms with Crippen molar-refractivity contribution in [3.63, 3.8) is 0 Å². The van der Waals surface area contributed by atoms with Crippen molar-refractivity contribution in [2.45, 2.75) is 31.3 Å². The Morgan fingerprint density at radius 2 is 2.07 bits per heavy atom. The van der Waals surface area contributed by atoms with Gasteiger partial charge in [0.1, 0.15) is 17.6 Å². The minimum Gasteiger partial charge on any atom is -0.445 e. The van der Waals surface area contributed by atoms with Crippen molar-refractivity contribution in [2.75, 3.05) is 13.7 Å². The molecule has 0 radical (unpaired) electrons. The average Bonchev–Trinajstić information content (AvgIpc) is 3.18. The first kappa shape index (κ1) is 19.8. The summed E-state index contributed by atoms with van der Waals surface area (Å²) in [5.74, 6) is 0.551. The fraction of sp³-hybridized carbons (Fsp3) is 0.318. The lowest BCUT2D eigenvalue weighted by Crippen LogP contribution is -2.27. The van der Waals surface area contributed by atoms with Gasteiger partial charge in [0.05, 0.1) is 0 Å². The van der Waals surface area contributed by atoms with E-state index in [1.807, 2.05) is 36.4 Å². The molecule has 1 unspecified atom stereocenters. The second-order valence-corrected chi connectivity index (χ2v) is 7.46. The molecule has 3 rings (SSSR count). The molecule has 1 aliphatic rings. The van der Waals surface area contributed by atoms with Crippen molar-refractivity contribution in [1.82, 2.24) is 4.98 Å². The molecule has 1 aromatic heterocycles. The monoisotopic (exact) mass is 429 g/mol. The molecule has 1 aromatic carbocycles. The van der Waals surface area contributed by atoms with Gasteiger partial charge in [0.2, 0.25) is 5.89 Å². The molecule has 1 N–H and O–H groups in total. The van der Waals surface area contributed by atoms with Gasteiger partial charge in [0, 0.05) is 30.7 Å². The van der Waals surface area contributed by atoms with Gasteiger partial charge in [-0.05, 0) is 49.1 Å². The maximum atomic E-state index is 8.91. The first-order valence-electron chi connectivity index (χ1n) is 9.09. The van der Waals surface area contributed by atoms with E-state index in [9.17, 15) is 0 Å². The van der Waals surface area contributed by atoms with Gasteiger partial charge in [-0.25, -0.2) is 4.98 Å².